The third kappa shape index (κ3) is 2.72. The van der Waals surface area contributed by atoms with E-state index in [-0.39, 0.29) is 51.9 Å². The molecule has 2 aliphatic carbocycles. The van der Waals surface area contributed by atoms with Crippen molar-refractivity contribution in [3.8, 4) is 29.4 Å². The molecular formula is C28H22BF2N4O2. The number of nitrogens with one attached hydrogen (secondary N) is 1. The Kier molecular flexibility index (Phi) is 4.14. The molecule has 1 spiro atoms. The van der Waals surface area contributed by atoms with Gasteiger partial charge in [-0.2, -0.15) is 5.10 Å². The highest BCUT2D eigenvalue weighted by Crippen LogP contribution is 2.64. The van der Waals surface area contributed by atoms with Crippen LogP contribution in [0.1, 0.15) is 54.5 Å². The fourth-order valence-corrected chi connectivity index (χ4v) is 6.68. The van der Waals surface area contributed by atoms with Gasteiger partial charge in [-0.25, -0.2) is 13.8 Å². The lowest BCUT2D eigenvalue weighted by Gasteiger charge is -2.23. The molecule has 4 aromatic rings. The summed E-state index contributed by atoms with van der Waals surface area (Å²) in [7, 11) is 1.81. The first-order valence-electron chi connectivity index (χ1n) is 12.7. The molecule has 4 heterocycles. The summed E-state index contributed by atoms with van der Waals surface area (Å²) in [5, 5.41) is 20.6. The van der Waals surface area contributed by atoms with Crippen LogP contribution >= 0.6 is 0 Å². The lowest BCUT2D eigenvalue weighted by Crippen LogP contribution is -2.31. The Morgan fingerprint density at radius 3 is 2.86 bits per heavy atom. The van der Waals surface area contributed by atoms with Crippen molar-refractivity contribution < 1.29 is 18.5 Å². The zero-order valence-corrected chi connectivity index (χ0v) is 20.1. The number of halogens is 2. The predicted molar refractivity (Wildman–Crippen MR) is 135 cm³/mol. The van der Waals surface area contributed by atoms with E-state index in [0.717, 1.165) is 37.0 Å². The van der Waals surface area contributed by atoms with Gasteiger partial charge in [0.15, 0.2) is 5.82 Å². The van der Waals surface area contributed by atoms with Crippen molar-refractivity contribution in [1.29, 1.82) is 0 Å². The molecule has 2 aromatic heterocycles. The van der Waals surface area contributed by atoms with Gasteiger partial charge in [-0.1, -0.05) is 18.9 Å². The van der Waals surface area contributed by atoms with Crippen LogP contribution in [0.4, 0.5) is 8.78 Å². The number of piperidine rings is 1. The molecule has 4 aliphatic rings. The van der Waals surface area contributed by atoms with E-state index >= 15 is 4.39 Å². The molecule has 4 atom stereocenters. The molecule has 2 unspecified atom stereocenters. The second kappa shape index (κ2) is 7.09. The van der Waals surface area contributed by atoms with Crippen LogP contribution in [0.25, 0.3) is 32.9 Å². The highest BCUT2D eigenvalue weighted by atomic mass is 19.1. The number of terminal acetylenes is 1. The van der Waals surface area contributed by atoms with Gasteiger partial charge in [0.05, 0.1) is 28.6 Å². The van der Waals surface area contributed by atoms with Gasteiger partial charge in [0.25, 0.3) is 0 Å². The number of phenols is 1. The predicted octanol–water partition coefficient (Wildman–Crippen LogP) is 4.32. The minimum Gasteiger partial charge on any atom is -0.508 e. The Hall–Kier alpha value is -3.48. The first kappa shape index (κ1) is 21.6. The second-order valence-electron chi connectivity index (χ2n) is 10.8. The van der Waals surface area contributed by atoms with Crippen molar-refractivity contribution in [2.75, 3.05) is 13.1 Å². The summed E-state index contributed by atoms with van der Waals surface area (Å²) in [5.41, 5.74) is 1.89. The van der Waals surface area contributed by atoms with Gasteiger partial charge in [-0.05, 0) is 36.4 Å². The third-order valence-corrected chi connectivity index (χ3v) is 8.62. The average Bonchev–Trinajstić information content (AvgIpc) is 3.74. The van der Waals surface area contributed by atoms with Gasteiger partial charge in [-0.3, -0.25) is 4.68 Å². The average molecular weight is 495 g/mol. The number of aromatic nitrogens is 3. The summed E-state index contributed by atoms with van der Waals surface area (Å²) >= 11 is 0. The summed E-state index contributed by atoms with van der Waals surface area (Å²) in [6.45, 7) is 3.55. The molecule has 0 bridgehead atoms. The topological polar surface area (TPSA) is 72.2 Å². The maximum Gasteiger partial charge on any atom is 0.302 e. The highest BCUT2D eigenvalue weighted by Gasteiger charge is 2.70. The van der Waals surface area contributed by atoms with Crippen LogP contribution in [0, 0.1) is 29.9 Å². The maximum absolute atomic E-state index is 16.7. The first-order valence-corrected chi connectivity index (χ1v) is 12.7. The molecule has 2 aliphatic heterocycles. The number of pyridine rings is 1. The standard InChI is InChI=1S/C28H22BF2N4O2/c1-3-16-19(30)7-4-13-8-15(36)9-17(20(13)16)25-23(31)27-21-24(33-25)12(2)29-37-28-11-32-10-18(28)22(28)26(21)34-35(27)14-5-6-14/h1,4,7-9,12,14,18,22,32,36H,5-6,10-11H2,2H3/t12?,18-,22?,28+/m1/s1. The fourth-order valence-electron chi connectivity index (χ4n) is 6.68. The summed E-state index contributed by atoms with van der Waals surface area (Å²) in [6.07, 6.45) is 7.55. The molecule has 183 valence electrons. The molecule has 1 saturated heterocycles. The Bertz CT molecular complexity index is 1730. The van der Waals surface area contributed by atoms with Gasteiger partial charge in [-0.15, -0.1) is 6.42 Å². The Morgan fingerprint density at radius 2 is 2.08 bits per heavy atom. The monoisotopic (exact) mass is 495 g/mol. The second-order valence-corrected chi connectivity index (χ2v) is 10.8. The fraction of sp³-hybridized carbons (Fsp3) is 0.357. The van der Waals surface area contributed by atoms with E-state index in [1.54, 1.807) is 0 Å². The number of fused-ring (bicyclic) bond motifs is 3. The molecule has 8 rings (SSSR count). The van der Waals surface area contributed by atoms with Crippen LogP contribution in [0.2, 0.25) is 0 Å². The summed E-state index contributed by atoms with van der Waals surface area (Å²) in [5.74, 6) is 1.33. The third-order valence-electron chi connectivity index (χ3n) is 8.62. The minimum atomic E-state index is -0.586. The van der Waals surface area contributed by atoms with Gasteiger partial charge in [0, 0.05) is 47.1 Å². The zero-order chi connectivity index (χ0) is 25.2. The molecule has 0 amide bonds. The van der Waals surface area contributed by atoms with E-state index in [9.17, 15) is 9.50 Å². The minimum absolute atomic E-state index is 0.0102. The van der Waals surface area contributed by atoms with Crippen LogP contribution < -0.4 is 5.32 Å². The molecule has 3 fully saturated rings. The number of hydrogen-bond acceptors (Lipinski definition) is 5. The van der Waals surface area contributed by atoms with E-state index in [2.05, 4.69) is 11.2 Å². The molecular weight excluding hydrogens is 473 g/mol. The van der Waals surface area contributed by atoms with E-state index in [1.807, 2.05) is 19.1 Å². The van der Waals surface area contributed by atoms with Crippen molar-refractivity contribution in [3.05, 3.63) is 52.9 Å². The smallest absolute Gasteiger partial charge is 0.302 e. The number of hydrogen-bond donors (Lipinski definition) is 2. The Labute approximate surface area is 212 Å². The molecule has 9 heteroatoms. The zero-order valence-electron chi connectivity index (χ0n) is 20.1. The summed E-state index contributed by atoms with van der Waals surface area (Å²) < 4.78 is 39.7. The van der Waals surface area contributed by atoms with Crippen molar-refractivity contribution >= 4 is 29.2 Å². The number of nitrogens with zero attached hydrogens (tertiary/aromatic N) is 3. The lowest BCUT2D eigenvalue weighted by atomic mass is 9.76. The highest BCUT2D eigenvalue weighted by molar-refractivity contribution is 6.31. The summed E-state index contributed by atoms with van der Waals surface area (Å²) in [4.78, 5) is 4.86. The Morgan fingerprint density at radius 1 is 1.24 bits per heavy atom. The lowest BCUT2D eigenvalue weighted by molar-refractivity contribution is 0.182. The number of rotatable bonds is 2. The van der Waals surface area contributed by atoms with E-state index < -0.39 is 11.6 Å². The van der Waals surface area contributed by atoms with Crippen LogP contribution in [-0.2, 0) is 4.65 Å². The van der Waals surface area contributed by atoms with Crippen LogP contribution in [0.3, 0.4) is 0 Å². The molecule has 2 aromatic carbocycles. The van der Waals surface area contributed by atoms with Crippen LogP contribution in [0.15, 0.2) is 24.3 Å². The largest absolute Gasteiger partial charge is 0.508 e. The molecule has 37 heavy (non-hydrogen) atoms. The first-order chi connectivity index (χ1) is 17.9. The van der Waals surface area contributed by atoms with Crippen LogP contribution in [0.5, 0.6) is 5.75 Å². The van der Waals surface area contributed by atoms with Crippen molar-refractivity contribution in [1.82, 2.24) is 20.1 Å². The Balaban J connectivity index is 1.48. The van der Waals surface area contributed by atoms with Crippen molar-refractivity contribution in [2.24, 2.45) is 5.92 Å². The van der Waals surface area contributed by atoms with Gasteiger partial charge in [0.1, 0.15) is 22.8 Å². The van der Waals surface area contributed by atoms with Crippen molar-refractivity contribution in [3.63, 3.8) is 0 Å². The molecule has 2 N–H and O–H groups in total. The van der Waals surface area contributed by atoms with Gasteiger partial charge in [0.2, 0.25) is 0 Å². The normalized spacial score (nSPS) is 27.8. The van der Waals surface area contributed by atoms with Gasteiger partial charge < -0.3 is 15.1 Å². The van der Waals surface area contributed by atoms with E-state index in [1.165, 1.54) is 24.3 Å². The number of aromatic hydroxyl groups is 1. The van der Waals surface area contributed by atoms with Crippen molar-refractivity contribution in [2.45, 2.75) is 43.1 Å². The maximum atomic E-state index is 16.7. The molecule has 1 radical (unpaired) electrons. The molecule has 6 nitrogen and oxygen atoms in total. The summed E-state index contributed by atoms with van der Waals surface area (Å²) in [6, 6.07) is 5.81. The van der Waals surface area contributed by atoms with Gasteiger partial charge >= 0.3 is 7.48 Å². The van der Waals surface area contributed by atoms with Crippen LogP contribution in [-0.4, -0.2) is 46.0 Å². The number of phenolic OH excluding ortho intramolecular Hbond substituents is 1. The molecule has 2 saturated carbocycles. The quantitative estimate of drug-likeness (QED) is 0.320. The van der Waals surface area contributed by atoms with E-state index in [0.29, 0.717) is 22.0 Å². The SMILES string of the molecule is C#Cc1c(F)ccc2cc(O)cc(-c3nc4c5c(nn(C6CC6)c5c3F)C3[C@H]5CNC[C@@]35O[B]C4C)c12. The van der Waals surface area contributed by atoms with E-state index in [4.69, 9.17) is 21.2 Å². The number of benzene rings is 2.